The maximum atomic E-state index is 12.0. The van der Waals surface area contributed by atoms with Gasteiger partial charge in [-0.15, -0.1) is 0 Å². The van der Waals surface area contributed by atoms with E-state index in [0.29, 0.717) is 5.92 Å². The fourth-order valence-corrected chi connectivity index (χ4v) is 5.23. The number of hydrogen-bond donors (Lipinski definition) is 1. The summed E-state index contributed by atoms with van der Waals surface area (Å²) in [7, 11) is 0. The molecule has 0 unspecified atom stereocenters. The van der Waals surface area contributed by atoms with Gasteiger partial charge < -0.3 is 5.11 Å². The van der Waals surface area contributed by atoms with E-state index in [2.05, 4.69) is 68.4 Å². The molecular weight excluding hydrogens is 292 g/mol. The van der Waals surface area contributed by atoms with Crippen LogP contribution in [0.2, 0.25) is 0 Å². The van der Waals surface area contributed by atoms with E-state index >= 15 is 0 Å². The third kappa shape index (κ3) is 1.29. The van der Waals surface area contributed by atoms with E-state index in [9.17, 15) is 5.11 Å². The predicted octanol–water partition coefficient (Wildman–Crippen LogP) is 4.59. The molecule has 3 aromatic carbocycles. The largest absolute Gasteiger partial charge is 0.376 e. The molecule has 0 radical (unpaired) electrons. The van der Waals surface area contributed by atoms with Crippen molar-refractivity contribution in [1.29, 1.82) is 0 Å². The summed E-state index contributed by atoms with van der Waals surface area (Å²) in [6.45, 7) is 4.58. The molecule has 1 nitrogen and oxygen atoms in total. The topological polar surface area (TPSA) is 20.2 Å². The summed E-state index contributed by atoms with van der Waals surface area (Å²) in [5.41, 5.74) is 5.61. The van der Waals surface area contributed by atoms with Crippen LogP contribution in [0.3, 0.4) is 0 Å². The summed E-state index contributed by atoms with van der Waals surface area (Å²) < 4.78 is 0. The maximum absolute atomic E-state index is 12.0. The Morgan fingerprint density at radius 3 is 1.17 bits per heavy atom. The van der Waals surface area contributed by atoms with Crippen LogP contribution in [0.15, 0.2) is 72.8 Å². The number of hydrogen-bond acceptors (Lipinski definition) is 1. The van der Waals surface area contributed by atoms with Crippen molar-refractivity contribution in [2.75, 3.05) is 0 Å². The smallest absolute Gasteiger partial charge is 0.141 e. The Morgan fingerprint density at radius 2 is 0.875 bits per heavy atom. The molecule has 1 heteroatoms. The standard InChI is InChI=1S/C23H20O/c1-15(2)22-16-9-3-6-12-19(16)23(24,20-13-7-4-10-17(20)22)21-14-8-5-11-18(21)22/h3-15,24H,1-2H3. The van der Waals surface area contributed by atoms with Crippen molar-refractivity contribution < 1.29 is 5.11 Å². The average molecular weight is 312 g/mol. The van der Waals surface area contributed by atoms with Crippen LogP contribution in [0, 0.1) is 5.92 Å². The highest BCUT2D eigenvalue weighted by atomic mass is 16.3. The van der Waals surface area contributed by atoms with Gasteiger partial charge in [0.05, 0.1) is 0 Å². The first-order valence-corrected chi connectivity index (χ1v) is 8.65. The highest BCUT2D eigenvalue weighted by Gasteiger charge is 2.58. The van der Waals surface area contributed by atoms with Gasteiger partial charge in [0.1, 0.15) is 5.60 Å². The minimum absolute atomic E-state index is 0.200. The SMILES string of the molecule is CC(C)C12c3ccccc3C(O)(c3ccccc31)c1ccccc12. The van der Waals surface area contributed by atoms with Crippen molar-refractivity contribution in [2.45, 2.75) is 24.9 Å². The fraction of sp³-hybridized carbons (Fsp3) is 0.217. The van der Waals surface area contributed by atoms with Gasteiger partial charge in [0.15, 0.2) is 0 Å². The minimum atomic E-state index is -1.06. The zero-order valence-electron chi connectivity index (χ0n) is 14.0. The molecular formula is C23H20O. The maximum Gasteiger partial charge on any atom is 0.141 e. The highest BCUT2D eigenvalue weighted by molar-refractivity contribution is 5.73. The van der Waals surface area contributed by atoms with Crippen molar-refractivity contribution in [1.82, 2.24) is 0 Å². The molecule has 3 aliphatic carbocycles. The van der Waals surface area contributed by atoms with E-state index in [1.807, 2.05) is 18.2 Å². The molecule has 118 valence electrons. The van der Waals surface area contributed by atoms with Crippen LogP contribution >= 0.6 is 0 Å². The van der Waals surface area contributed by atoms with E-state index in [-0.39, 0.29) is 5.41 Å². The van der Waals surface area contributed by atoms with Crippen LogP contribution < -0.4 is 0 Å². The summed E-state index contributed by atoms with van der Waals surface area (Å²) in [5, 5.41) is 12.0. The molecule has 0 spiro atoms. The van der Waals surface area contributed by atoms with Gasteiger partial charge in [-0.3, -0.25) is 0 Å². The molecule has 0 aliphatic heterocycles. The fourth-order valence-electron chi connectivity index (χ4n) is 5.23. The Hall–Kier alpha value is -2.38. The first-order valence-electron chi connectivity index (χ1n) is 8.65. The molecule has 0 saturated heterocycles. The van der Waals surface area contributed by atoms with Crippen LogP contribution in [0.4, 0.5) is 0 Å². The number of benzene rings is 3. The summed E-state index contributed by atoms with van der Waals surface area (Å²) in [5.74, 6) is 0.380. The molecule has 3 aromatic rings. The van der Waals surface area contributed by atoms with Gasteiger partial charge in [0.2, 0.25) is 0 Å². The summed E-state index contributed by atoms with van der Waals surface area (Å²) in [4.78, 5) is 0. The first kappa shape index (κ1) is 14.0. The van der Waals surface area contributed by atoms with Crippen molar-refractivity contribution in [3.8, 4) is 0 Å². The van der Waals surface area contributed by atoms with Crippen molar-refractivity contribution in [2.24, 2.45) is 5.92 Å². The van der Waals surface area contributed by atoms with Gasteiger partial charge in [-0.25, -0.2) is 0 Å². The molecule has 0 amide bonds. The zero-order valence-corrected chi connectivity index (χ0v) is 14.0. The molecule has 24 heavy (non-hydrogen) atoms. The lowest BCUT2D eigenvalue weighted by molar-refractivity contribution is 0.102. The lowest BCUT2D eigenvalue weighted by atomic mass is 9.48. The van der Waals surface area contributed by atoms with E-state index < -0.39 is 5.60 Å². The second kappa shape index (κ2) is 4.37. The van der Waals surface area contributed by atoms with Gasteiger partial charge in [-0.2, -0.15) is 0 Å². The Morgan fingerprint density at radius 1 is 0.583 bits per heavy atom. The van der Waals surface area contributed by atoms with Gasteiger partial charge in [0.25, 0.3) is 0 Å². The molecule has 0 atom stereocenters. The molecule has 6 rings (SSSR count). The normalized spacial score (nSPS) is 26.0. The molecule has 0 saturated carbocycles. The van der Waals surface area contributed by atoms with Crippen molar-refractivity contribution in [3.05, 3.63) is 106 Å². The van der Waals surface area contributed by atoms with Crippen LogP contribution in [-0.2, 0) is 11.0 Å². The van der Waals surface area contributed by atoms with Crippen LogP contribution in [-0.4, -0.2) is 5.11 Å². The molecule has 2 bridgehead atoms. The molecule has 1 N–H and O–H groups in total. The lowest BCUT2D eigenvalue weighted by Crippen LogP contribution is -2.53. The first-order chi connectivity index (χ1) is 11.6. The molecule has 0 heterocycles. The summed E-state index contributed by atoms with van der Waals surface area (Å²) in [6, 6.07) is 25.3. The van der Waals surface area contributed by atoms with E-state index in [1.165, 1.54) is 16.7 Å². The third-order valence-electron chi connectivity index (χ3n) is 6.09. The Balaban J connectivity index is 2.07. The van der Waals surface area contributed by atoms with Crippen LogP contribution in [0.5, 0.6) is 0 Å². The van der Waals surface area contributed by atoms with Gasteiger partial charge in [-0.1, -0.05) is 86.6 Å². The quantitative estimate of drug-likeness (QED) is 0.697. The predicted molar refractivity (Wildman–Crippen MR) is 96.1 cm³/mol. The zero-order chi connectivity index (χ0) is 16.5. The monoisotopic (exact) mass is 312 g/mol. The Bertz CT molecular complexity index is 849. The Kier molecular flexibility index (Phi) is 2.55. The second-order valence-electron chi connectivity index (χ2n) is 7.31. The second-order valence-corrected chi connectivity index (χ2v) is 7.31. The Labute approximate surface area is 142 Å². The number of aliphatic hydroxyl groups is 1. The van der Waals surface area contributed by atoms with Gasteiger partial charge in [-0.05, 0) is 39.3 Å². The van der Waals surface area contributed by atoms with Gasteiger partial charge in [0, 0.05) is 5.41 Å². The van der Waals surface area contributed by atoms with Crippen molar-refractivity contribution >= 4 is 0 Å². The van der Waals surface area contributed by atoms with E-state index in [4.69, 9.17) is 0 Å². The van der Waals surface area contributed by atoms with Crippen molar-refractivity contribution in [3.63, 3.8) is 0 Å². The van der Waals surface area contributed by atoms with Crippen LogP contribution in [0.25, 0.3) is 0 Å². The van der Waals surface area contributed by atoms with E-state index in [1.54, 1.807) is 0 Å². The summed E-state index contributed by atoms with van der Waals surface area (Å²) >= 11 is 0. The third-order valence-corrected chi connectivity index (χ3v) is 6.09. The molecule has 0 fully saturated rings. The minimum Gasteiger partial charge on any atom is -0.376 e. The van der Waals surface area contributed by atoms with Gasteiger partial charge >= 0.3 is 0 Å². The molecule has 3 aliphatic rings. The molecule has 0 aromatic heterocycles. The average Bonchev–Trinajstić information content (AvgIpc) is 2.62. The van der Waals surface area contributed by atoms with Crippen LogP contribution in [0.1, 0.15) is 47.2 Å². The summed E-state index contributed by atoms with van der Waals surface area (Å²) in [6.07, 6.45) is 0. The lowest BCUT2D eigenvalue weighted by Gasteiger charge is -2.56. The number of rotatable bonds is 1. The highest BCUT2D eigenvalue weighted by Crippen LogP contribution is 2.62. The van der Waals surface area contributed by atoms with E-state index in [0.717, 1.165) is 16.7 Å².